The molecule has 21 heteroatoms. The van der Waals surface area contributed by atoms with Crippen LogP contribution in [0.2, 0.25) is 0 Å². The minimum absolute atomic E-state index is 0.118. The lowest BCUT2D eigenvalue weighted by atomic mass is 10.2. The van der Waals surface area contributed by atoms with Gasteiger partial charge in [-0.25, -0.2) is 47.1 Å². The van der Waals surface area contributed by atoms with Crippen LogP contribution in [0.5, 0.6) is 11.5 Å². The van der Waals surface area contributed by atoms with Gasteiger partial charge in [-0.1, -0.05) is 36.4 Å². The fourth-order valence-electron chi connectivity index (χ4n) is 4.31. The van der Waals surface area contributed by atoms with Gasteiger partial charge in [0, 0.05) is 50.5 Å². The standard InChI is InChI=1S/C16H18FN5O4.C13H13FN4O3.C4H8O.C3H5NO/c1-3-18-15(24)22-9-11(17)13(21-16(22)25)20-14(23)19-8-10-6-4-5-7-12(10)26-2;1-21-10-5-3-2-4-8(10)6-15-12(19)17-11-9(14)7-16-13(20)18-11;1-2-4-5-3-1;1-2-4-3-5/h4-7,9H,3,8H2,1-2H3,(H,18,24)(H2,19,20,21,23,25);2-5,7H,6H2,1H3,(H3,15,16,17,18,19,20);1-4H2;2H2,1H3. The average molecular weight is 799 g/mol. The largest absolute Gasteiger partial charge is 0.496 e. The summed E-state index contributed by atoms with van der Waals surface area (Å²) < 4.78 is 43.1. The first kappa shape index (κ1) is 46.2. The number of nitrogens with one attached hydrogen (secondary N) is 6. The quantitative estimate of drug-likeness (QED) is 0.0998. The Morgan fingerprint density at radius 1 is 0.877 bits per heavy atom. The molecule has 2 aromatic heterocycles. The van der Waals surface area contributed by atoms with Crippen molar-refractivity contribution in [2.45, 2.75) is 39.8 Å². The zero-order valence-corrected chi connectivity index (χ0v) is 31.6. The van der Waals surface area contributed by atoms with E-state index in [0.29, 0.717) is 34.4 Å². The number of urea groups is 2. The van der Waals surface area contributed by atoms with Gasteiger partial charge in [-0.05, 0) is 38.8 Å². The maximum atomic E-state index is 14.0. The van der Waals surface area contributed by atoms with Crippen LogP contribution in [0, 0.1) is 11.6 Å². The number of aromatic amines is 1. The van der Waals surface area contributed by atoms with Gasteiger partial charge in [-0.3, -0.25) is 15.6 Å². The van der Waals surface area contributed by atoms with Crippen LogP contribution in [0.25, 0.3) is 0 Å². The molecule has 306 valence electrons. The SMILES string of the molecule is C1CCOC1.CCN=C=O.CCNC(=O)n1cc(F)c(NC(=O)NCc2ccccc2OC)nc1=O.COc1ccccc1CNC(=O)Nc1[nH]c(=O)ncc1F. The Bertz CT molecular complexity index is 2060. The lowest BCUT2D eigenvalue weighted by molar-refractivity contribution is 0.198. The fraction of sp³-hybridized carbons (Fsp3) is 0.333. The Hall–Kier alpha value is -6.99. The number of anilines is 2. The van der Waals surface area contributed by atoms with E-state index in [9.17, 15) is 32.8 Å². The van der Waals surface area contributed by atoms with Crippen molar-refractivity contribution in [3.63, 3.8) is 0 Å². The van der Waals surface area contributed by atoms with E-state index < -0.39 is 46.9 Å². The second kappa shape index (κ2) is 25.9. The van der Waals surface area contributed by atoms with Gasteiger partial charge < -0.3 is 30.2 Å². The third-order valence-corrected chi connectivity index (χ3v) is 6.98. The summed E-state index contributed by atoms with van der Waals surface area (Å²) in [6.45, 7) is 6.54. The van der Waals surface area contributed by atoms with E-state index in [1.54, 1.807) is 62.4 Å². The molecule has 3 heterocycles. The van der Waals surface area contributed by atoms with E-state index >= 15 is 0 Å². The summed E-state index contributed by atoms with van der Waals surface area (Å²) in [6, 6.07) is 12.0. The number of aliphatic imine (C=N–C) groups is 1. The van der Waals surface area contributed by atoms with Crippen LogP contribution >= 0.6 is 0 Å². The lowest BCUT2D eigenvalue weighted by Crippen LogP contribution is -2.38. The molecule has 1 fully saturated rings. The Balaban J connectivity index is 0.000000320. The third kappa shape index (κ3) is 16.9. The van der Waals surface area contributed by atoms with Gasteiger partial charge in [0.1, 0.15) is 11.5 Å². The van der Waals surface area contributed by atoms with E-state index in [1.165, 1.54) is 33.1 Å². The summed E-state index contributed by atoms with van der Waals surface area (Å²) in [7, 11) is 3.03. The Labute approximate surface area is 325 Å². The van der Waals surface area contributed by atoms with Crippen LogP contribution in [0.15, 0.2) is 75.5 Å². The number of carbonyl (C=O) groups is 3. The van der Waals surface area contributed by atoms with Crippen molar-refractivity contribution in [2.75, 3.05) is 51.2 Å². The smallest absolute Gasteiger partial charge is 0.358 e. The number of halogens is 2. The summed E-state index contributed by atoms with van der Waals surface area (Å²) in [5.41, 5.74) is -0.294. The maximum Gasteiger partial charge on any atom is 0.358 e. The summed E-state index contributed by atoms with van der Waals surface area (Å²) in [5, 5.41) is 11.7. The molecule has 5 rings (SSSR count). The van der Waals surface area contributed by atoms with Gasteiger partial charge in [0.05, 0.1) is 26.6 Å². The molecule has 4 aromatic rings. The highest BCUT2D eigenvalue weighted by atomic mass is 19.1. The third-order valence-electron chi connectivity index (χ3n) is 6.98. The number of hydrogen-bond donors (Lipinski definition) is 6. The predicted octanol–water partition coefficient (Wildman–Crippen LogP) is 3.67. The number of nitrogens with zero attached hydrogens (tertiary/aromatic N) is 4. The number of rotatable bonds is 10. The van der Waals surface area contributed by atoms with E-state index in [-0.39, 0.29) is 25.5 Å². The molecule has 0 spiro atoms. The number of H-pyrrole nitrogens is 1. The molecule has 19 nitrogen and oxygen atoms in total. The van der Waals surface area contributed by atoms with Crippen molar-refractivity contribution in [1.82, 2.24) is 35.5 Å². The van der Waals surface area contributed by atoms with E-state index in [4.69, 9.17) is 19.0 Å². The van der Waals surface area contributed by atoms with E-state index in [2.05, 4.69) is 46.5 Å². The number of benzene rings is 2. The van der Waals surface area contributed by atoms with Gasteiger partial charge >= 0.3 is 29.5 Å². The van der Waals surface area contributed by atoms with Crippen molar-refractivity contribution < 1.29 is 42.2 Å². The van der Waals surface area contributed by atoms with Crippen LogP contribution in [-0.4, -0.2) is 84.2 Å². The average Bonchev–Trinajstić information content (AvgIpc) is 3.81. The minimum atomic E-state index is -1.02. The Morgan fingerprint density at radius 3 is 1.91 bits per heavy atom. The second-order valence-corrected chi connectivity index (χ2v) is 11.0. The molecule has 0 bridgehead atoms. The van der Waals surface area contributed by atoms with Crippen molar-refractivity contribution in [3.05, 3.63) is 105 Å². The second-order valence-electron chi connectivity index (χ2n) is 11.0. The number of aromatic nitrogens is 4. The molecule has 0 radical (unpaired) electrons. The van der Waals surface area contributed by atoms with Crippen LogP contribution in [-0.2, 0) is 22.6 Å². The van der Waals surface area contributed by atoms with Crippen LogP contribution < -0.4 is 47.4 Å². The molecular formula is C36H44F2N10O9. The number of isocyanates is 1. The van der Waals surface area contributed by atoms with Crippen LogP contribution in [0.4, 0.5) is 34.8 Å². The molecule has 57 heavy (non-hydrogen) atoms. The summed E-state index contributed by atoms with van der Waals surface area (Å²) in [5.74, 6) is -1.56. The monoisotopic (exact) mass is 798 g/mol. The zero-order chi connectivity index (χ0) is 42.0. The van der Waals surface area contributed by atoms with Crippen molar-refractivity contribution >= 4 is 35.8 Å². The number of hydrogen-bond acceptors (Lipinski definition) is 12. The van der Waals surface area contributed by atoms with Crippen LogP contribution in [0.3, 0.4) is 0 Å². The molecule has 6 N–H and O–H groups in total. The van der Waals surface area contributed by atoms with Crippen LogP contribution in [0.1, 0.15) is 37.8 Å². The highest BCUT2D eigenvalue weighted by molar-refractivity contribution is 5.89. The van der Waals surface area contributed by atoms with E-state index in [0.717, 1.165) is 25.0 Å². The molecule has 5 amide bonds. The number of para-hydroxylation sites is 2. The highest BCUT2D eigenvalue weighted by Gasteiger charge is 2.15. The predicted molar refractivity (Wildman–Crippen MR) is 204 cm³/mol. The van der Waals surface area contributed by atoms with Gasteiger partial charge in [0.2, 0.25) is 6.08 Å². The Kier molecular flexibility index (Phi) is 21.0. The molecule has 2 aromatic carbocycles. The first-order valence-corrected chi connectivity index (χ1v) is 17.2. The van der Waals surface area contributed by atoms with Crippen molar-refractivity contribution in [2.24, 2.45) is 4.99 Å². The first-order valence-electron chi connectivity index (χ1n) is 17.2. The molecular weight excluding hydrogens is 754 g/mol. The number of carbonyl (C=O) groups excluding carboxylic acids is 4. The molecule has 0 unspecified atom stereocenters. The van der Waals surface area contributed by atoms with Gasteiger partial charge in [-0.2, -0.15) is 9.97 Å². The number of methoxy groups -OCH3 is 2. The zero-order valence-electron chi connectivity index (χ0n) is 31.6. The normalized spacial score (nSPS) is 10.9. The summed E-state index contributed by atoms with van der Waals surface area (Å²) in [4.78, 5) is 78.9. The summed E-state index contributed by atoms with van der Waals surface area (Å²) >= 11 is 0. The van der Waals surface area contributed by atoms with Gasteiger partial charge in [0.25, 0.3) is 0 Å². The van der Waals surface area contributed by atoms with E-state index in [1.807, 2.05) is 0 Å². The highest BCUT2D eigenvalue weighted by Crippen LogP contribution is 2.18. The molecule has 1 saturated heterocycles. The maximum absolute atomic E-state index is 14.0. The topological polar surface area (TPSA) is 249 Å². The fourth-order valence-corrected chi connectivity index (χ4v) is 4.31. The molecule has 1 aliphatic rings. The number of amides is 5. The number of ether oxygens (including phenoxy) is 3. The van der Waals surface area contributed by atoms with Crippen molar-refractivity contribution in [3.8, 4) is 11.5 Å². The summed E-state index contributed by atoms with van der Waals surface area (Å²) in [6.07, 6.45) is 5.34. The van der Waals surface area contributed by atoms with Crippen molar-refractivity contribution in [1.29, 1.82) is 0 Å². The first-order chi connectivity index (χ1) is 27.5. The lowest BCUT2D eigenvalue weighted by Gasteiger charge is -2.11. The minimum Gasteiger partial charge on any atom is -0.496 e. The molecule has 0 saturated carbocycles. The molecule has 1 aliphatic heterocycles. The van der Waals surface area contributed by atoms with Gasteiger partial charge in [0.15, 0.2) is 23.3 Å². The molecule has 0 atom stereocenters. The van der Waals surface area contributed by atoms with Gasteiger partial charge in [-0.15, -0.1) is 0 Å². The Morgan fingerprint density at radius 2 is 1.44 bits per heavy atom. The molecule has 0 aliphatic carbocycles.